The van der Waals surface area contributed by atoms with Crippen molar-refractivity contribution in [2.24, 2.45) is 0 Å². The molecule has 0 amide bonds. The zero-order valence-corrected chi connectivity index (χ0v) is 5.72. The molecule has 1 aliphatic heterocycles. The average molecular weight is 127 g/mol. The molecular formula is C7H13NO. The van der Waals surface area contributed by atoms with Gasteiger partial charge in [-0.15, -0.1) is 0 Å². The van der Waals surface area contributed by atoms with E-state index in [0.29, 0.717) is 6.04 Å². The Kier molecular flexibility index (Phi) is 2.25. The van der Waals surface area contributed by atoms with Gasteiger partial charge in [-0.3, -0.25) is 0 Å². The van der Waals surface area contributed by atoms with E-state index in [0.717, 1.165) is 13.0 Å². The summed E-state index contributed by atoms with van der Waals surface area (Å²) in [5, 5.41) is 11.9. The van der Waals surface area contributed by atoms with Crippen LogP contribution in [0.5, 0.6) is 0 Å². The Morgan fingerprint density at radius 2 is 2.67 bits per heavy atom. The zero-order valence-electron chi connectivity index (χ0n) is 5.72. The van der Waals surface area contributed by atoms with E-state index in [9.17, 15) is 0 Å². The van der Waals surface area contributed by atoms with Gasteiger partial charge < -0.3 is 10.4 Å². The van der Waals surface area contributed by atoms with Crippen LogP contribution in [-0.4, -0.2) is 24.3 Å². The van der Waals surface area contributed by atoms with Gasteiger partial charge in [-0.2, -0.15) is 0 Å². The topological polar surface area (TPSA) is 32.3 Å². The highest BCUT2D eigenvalue weighted by Gasteiger charge is 2.15. The smallest absolute Gasteiger partial charge is 0.0587 e. The molecule has 0 aliphatic carbocycles. The van der Waals surface area contributed by atoms with Crippen LogP contribution in [0.1, 0.15) is 13.3 Å². The number of hydrogen-bond acceptors (Lipinski definition) is 2. The van der Waals surface area contributed by atoms with Gasteiger partial charge in [-0.05, 0) is 13.3 Å². The highest BCUT2D eigenvalue weighted by molar-refractivity contribution is 5.10. The van der Waals surface area contributed by atoms with Crippen molar-refractivity contribution in [2.45, 2.75) is 19.4 Å². The second kappa shape index (κ2) is 2.99. The maximum absolute atomic E-state index is 8.69. The van der Waals surface area contributed by atoms with Crippen molar-refractivity contribution >= 4 is 0 Å². The summed E-state index contributed by atoms with van der Waals surface area (Å²) in [4.78, 5) is 0. The normalized spacial score (nSPS) is 31.8. The SMILES string of the molecule is C/C=C1/CN[C@H](CO)C1. The molecule has 1 aliphatic rings. The van der Waals surface area contributed by atoms with Gasteiger partial charge in [-0.25, -0.2) is 0 Å². The molecule has 0 aromatic carbocycles. The average Bonchev–Trinajstić information content (AvgIpc) is 2.34. The maximum atomic E-state index is 8.69. The lowest BCUT2D eigenvalue weighted by molar-refractivity contribution is 0.256. The Labute approximate surface area is 55.6 Å². The van der Waals surface area contributed by atoms with Crippen molar-refractivity contribution in [1.29, 1.82) is 0 Å². The van der Waals surface area contributed by atoms with Crippen LogP contribution in [0, 0.1) is 0 Å². The lowest BCUT2D eigenvalue weighted by Gasteiger charge is -2.01. The number of allylic oxidation sites excluding steroid dienone is 1. The molecule has 52 valence electrons. The van der Waals surface area contributed by atoms with E-state index < -0.39 is 0 Å². The molecule has 1 atom stereocenters. The third-order valence-corrected chi connectivity index (χ3v) is 1.76. The highest BCUT2D eigenvalue weighted by atomic mass is 16.3. The van der Waals surface area contributed by atoms with Gasteiger partial charge >= 0.3 is 0 Å². The van der Waals surface area contributed by atoms with Crippen molar-refractivity contribution in [3.8, 4) is 0 Å². The molecule has 0 bridgehead atoms. The van der Waals surface area contributed by atoms with Crippen LogP contribution >= 0.6 is 0 Å². The number of nitrogens with one attached hydrogen (secondary N) is 1. The van der Waals surface area contributed by atoms with Crippen molar-refractivity contribution in [1.82, 2.24) is 5.32 Å². The van der Waals surface area contributed by atoms with Crippen LogP contribution in [0.15, 0.2) is 11.6 Å². The quantitative estimate of drug-likeness (QED) is 0.496. The monoisotopic (exact) mass is 127 g/mol. The zero-order chi connectivity index (χ0) is 6.69. The molecule has 1 heterocycles. The molecule has 0 unspecified atom stereocenters. The first-order valence-corrected chi connectivity index (χ1v) is 3.35. The van der Waals surface area contributed by atoms with Crippen LogP contribution in [0.3, 0.4) is 0 Å². The van der Waals surface area contributed by atoms with Gasteiger partial charge in [0.2, 0.25) is 0 Å². The van der Waals surface area contributed by atoms with E-state index in [2.05, 4.69) is 11.4 Å². The van der Waals surface area contributed by atoms with Crippen LogP contribution in [0.25, 0.3) is 0 Å². The molecule has 0 aromatic heterocycles. The van der Waals surface area contributed by atoms with Crippen LogP contribution in [0.2, 0.25) is 0 Å². The van der Waals surface area contributed by atoms with Gasteiger partial charge in [-0.1, -0.05) is 11.6 Å². The van der Waals surface area contributed by atoms with Crippen molar-refractivity contribution in [2.75, 3.05) is 13.2 Å². The third-order valence-electron chi connectivity index (χ3n) is 1.76. The molecule has 1 rings (SSSR count). The summed E-state index contributed by atoms with van der Waals surface area (Å²) in [5.74, 6) is 0. The third kappa shape index (κ3) is 1.53. The fraction of sp³-hybridized carbons (Fsp3) is 0.714. The van der Waals surface area contributed by atoms with Crippen LogP contribution in [-0.2, 0) is 0 Å². The molecule has 0 spiro atoms. The Bertz CT molecular complexity index is 120. The Morgan fingerprint density at radius 1 is 1.89 bits per heavy atom. The minimum atomic E-state index is 0.261. The molecule has 2 nitrogen and oxygen atoms in total. The predicted octanol–water partition coefficient (Wildman–Crippen LogP) is 0.287. The molecule has 1 fully saturated rings. The maximum Gasteiger partial charge on any atom is 0.0587 e. The molecule has 9 heavy (non-hydrogen) atoms. The van der Waals surface area contributed by atoms with Gasteiger partial charge in [0, 0.05) is 12.6 Å². The molecule has 0 aromatic rings. The molecule has 0 radical (unpaired) electrons. The van der Waals surface area contributed by atoms with E-state index in [4.69, 9.17) is 5.11 Å². The minimum Gasteiger partial charge on any atom is -0.395 e. The number of rotatable bonds is 1. The summed E-state index contributed by atoms with van der Waals surface area (Å²) >= 11 is 0. The van der Waals surface area contributed by atoms with Crippen LogP contribution < -0.4 is 5.32 Å². The summed E-state index contributed by atoms with van der Waals surface area (Å²) in [6.45, 7) is 3.26. The van der Waals surface area contributed by atoms with Gasteiger partial charge in [0.05, 0.1) is 6.61 Å². The van der Waals surface area contributed by atoms with Gasteiger partial charge in [0.15, 0.2) is 0 Å². The van der Waals surface area contributed by atoms with E-state index in [-0.39, 0.29) is 6.61 Å². The minimum absolute atomic E-state index is 0.261. The molecule has 0 saturated carbocycles. The Balaban J connectivity index is 2.38. The Morgan fingerprint density at radius 3 is 3.00 bits per heavy atom. The van der Waals surface area contributed by atoms with Crippen molar-refractivity contribution in [3.05, 3.63) is 11.6 Å². The second-order valence-corrected chi connectivity index (χ2v) is 2.41. The highest BCUT2D eigenvalue weighted by Crippen LogP contribution is 2.10. The number of aliphatic hydroxyl groups is 1. The van der Waals surface area contributed by atoms with E-state index in [1.165, 1.54) is 5.57 Å². The summed E-state index contributed by atoms with van der Waals surface area (Å²) in [6.07, 6.45) is 3.13. The van der Waals surface area contributed by atoms with Gasteiger partial charge in [0.1, 0.15) is 0 Å². The van der Waals surface area contributed by atoms with E-state index in [1.54, 1.807) is 0 Å². The van der Waals surface area contributed by atoms with Crippen LogP contribution in [0.4, 0.5) is 0 Å². The largest absolute Gasteiger partial charge is 0.395 e. The predicted molar refractivity (Wildman–Crippen MR) is 37.3 cm³/mol. The fourth-order valence-electron chi connectivity index (χ4n) is 1.09. The molecule has 1 saturated heterocycles. The van der Waals surface area contributed by atoms with E-state index in [1.807, 2.05) is 6.92 Å². The first-order valence-electron chi connectivity index (χ1n) is 3.35. The Hall–Kier alpha value is -0.340. The van der Waals surface area contributed by atoms with Gasteiger partial charge in [0.25, 0.3) is 0 Å². The first kappa shape index (κ1) is 6.78. The van der Waals surface area contributed by atoms with E-state index >= 15 is 0 Å². The van der Waals surface area contributed by atoms with Crippen molar-refractivity contribution < 1.29 is 5.11 Å². The number of hydrogen-bond donors (Lipinski definition) is 2. The van der Waals surface area contributed by atoms with Crippen molar-refractivity contribution in [3.63, 3.8) is 0 Å². The lowest BCUT2D eigenvalue weighted by atomic mass is 10.1. The lowest BCUT2D eigenvalue weighted by Crippen LogP contribution is -2.24. The summed E-state index contributed by atoms with van der Waals surface area (Å²) < 4.78 is 0. The summed E-state index contributed by atoms with van der Waals surface area (Å²) in [7, 11) is 0. The molecule has 2 heteroatoms. The second-order valence-electron chi connectivity index (χ2n) is 2.41. The molecule has 2 N–H and O–H groups in total. The number of aliphatic hydroxyl groups excluding tert-OH is 1. The summed E-state index contributed by atoms with van der Waals surface area (Å²) in [6, 6.07) is 0.316. The summed E-state index contributed by atoms with van der Waals surface area (Å²) in [5.41, 5.74) is 1.41. The first-order chi connectivity index (χ1) is 4.36. The fourth-order valence-corrected chi connectivity index (χ4v) is 1.09. The standard InChI is InChI=1S/C7H13NO/c1-2-6-3-7(5-9)8-4-6/h2,7-9H,3-5H2,1H3/b6-2+/t7-/m0/s1. The molecular weight excluding hydrogens is 114 g/mol.